The van der Waals surface area contributed by atoms with Gasteiger partial charge in [-0.3, -0.25) is 4.72 Å². The molecule has 6 heteroatoms. The summed E-state index contributed by atoms with van der Waals surface area (Å²) in [4.78, 5) is 3.90. The number of pyridine rings is 1. The van der Waals surface area contributed by atoms with Crippen molar-refractivity contribution in [2.75, 3.05) is 10.5 Å². The summed E-state index contributed by atoms with van der Waals surface area (Å²) in [6.07, 6.45) is 3.01. The predicted octanol–water partition coefficient (Wildman–Crippen LogP) is 2.42. The van der Waals surface area contributed by atoms with Crippen molar-refractivity contribution >= 4 is 21.5 Å². The fraction of sp³-hybridized carbons (Fsp3) is 0.214. The van der Waals surface area contributed by atoms with E-state index in [2.05, 4.69) is 16.6 Å². The zero-order valence-electron chi connectivity index (χ0n) is 11.2. The first-order valence-corrected chi connectivity index (χ1v) is 7.83. The van der Waals surface area contributed by atoms with E-state index < -0.39 is 10.0 Å². The van der Waals surface area contributed by atoms with Gasteiger partial charge in [-0.1, -0.05) is 31.5 Å². The maximum Gasteiger partial charge on any atom is 0.263 e. The highest BCUT2D eigenvalue weighted by atomic mass is 32.2. The van der Waals surface area contributed by atoms with Crippen LogP contribution < -0.4 is 10.5 Å². The fourth-order valence-electron chi connectivity index (χ4n) is 1.86. The van der Waals surface area contributed by atoms with E-state index >= 15 is 0 Å². The van der Waals surface area contributed by atoms with Crippen molar-refractivity contribution in [3.05, 3.63) is 48.2 Å². The van der Waals surface area contributed by atoms with E-state index in [1.165, 1.54) is 18.3 Å². The standard InChI is InChI=1S/C14H17N3O2S/c1-2-5-11-6-3-4-7-13(11)17-20(18,19)12-8-9-14(15)16-10-12/h3-4,6-10,17H,2,5H2,1H3,(H2,15,16). The molecule has 0 aliphatic rings. The number of para-hydroxylation sites is 1. The van der Waals surface area contributed by atoms with Crippen LogP contribution in [0.15, 0.2) is 47.5 Å². The van der Waals surface area contributed by atoms with Gasteiger partial charge in [0.25, 0.3) is 10.0 Å². The molecule has 0 fully saturated rings. The van der Waals surface area contributed by atoms with E-state index in [1.807, 2.05) is 12.1 Å². The summed E-state index contributed by atoms with van der Waals surface area (Å²) in [5.74, 6) is 0.287. The van der Waals surface area contributed by atoms with E-state index in [9.17, 15) is 8.42 Å². The molecular weight excluding hydrogens is 274 g/mol. The van der Waals surface area contributed by atoms with Gasteiger partial charge >= 0.3 is 0 Å². The Morgan fingerprint density at radius 3 is 2.60 bits per heavy atom. The largest absolute Gasteiger partial charge is 0.384 e. The number of benzene rings is 1. The molecule has 0 atom stereocenters. The second-order valence-corrected chi connectivity index (χ2v) is 6.11. The van der Waals surface area contributed by atoms with E-state index in [1.54, 1.807) is 12.1 Å². The smallest absolute Gasteiger partial charge is 0.263 e. The third kappa shape index (κ3) is 3.27. The SMILES string of the molecule is CCCc1ccccc1NS(=O)(=O)c1ccc(N)nc1. The van der Waals surface area contributed by atoms with Crippen molar-refractivity contribution in [2.45, 2.75) is 24.7 Å². The second kappa shape index (κ2) is 5.92. The number of anilines is 2. The molecule has 0 aliphatic heterocycles. The molecule has 0 saturated heterocycles. The van der Waals surface area contributed by atoms with Crippen LogP contribution in [0.1, 0.15) is 18.9 Å². The van der Waals surface area contributed by atoms with Crippen molar-refractivity contribution in [3.8, 4) is 0 Å². The number of nitrogens with zero attached hydrogens (tertiary/aromatic N) is 1. The molecule has 0 radical (unpaired) electrons. The molecule has 0 saturated carbocycles. The van der Waals surface area contributed by atoms with Gasteiger partial charge in [-0.25, -0.2) is 13.4 Å². The number of aryl methyl sites for hydroxylation is 1. The molecule has 2 aromatic rings. The highest BCUT2D eigenvalue weighted by Gasteiger charge is 2.15. The summed E-state index contributed by atoms with van der Waals surface area (Å²) < 4.78 is 27.2. The first-order valence-electron chi connectivity index (χ1n) is 6.35. The lowest BCUT2D eigenvalue weighted by molar-refractivity contribution is 0.601. The highest BCUT2D eigenvalue weighted by molar-refractivity contribution is 7.92. The molecule has 2 rings (SSSR count). The van der Waals surface area contributed by atoms with Gasteiger partial charge in [-0.2, -0.15) is 0 Å². The molecule has 5 nitrogen and oxygen atoms in total. The van der Waals surface area contributed by atoms with Gasteiger partial charge in [0.2, 0.25) is 0 Å². The van der Waals surface area contributed by atoms with E-state index in [0.717, 1.165) is 18.4 Å². The lowest BCUT2D eigenvalue weighted by Crippen LogP contribution is -2.14. The summed E-state index contributed by atoms with van der Waals surface area (Å²) in [6.45, 7) is 2.05. The van der Waals surface area contributed by atoms with Gasteiger partial charge in [-0.05, 0) is 30.2 Å². The Bertz CT molecular complexity index is 682. The zero-order valence-corrected chi connectivity index (χ0v) is 12.0. The quantitative estimate of drug-likeness (QED) is 0.886. The summed E-state index contributed by atoms with van der Waals surface area (Å²) in [5.41, 5.74) is 7.04. The number of rotatable bonds is 5. The Morgan fingerprint density at radius 1 is 1.20 bits per heavy atom. The maximum absolute atomic E-state index is 12.3. The number of aromatic nitrogens is 1. The lowest BCUT2D eigenvalue weighted by atomic mass is 10.1. The van der Waals surface area contributed by atoms with Crippen molar-refractivity contribution in [1.29, 1.82) is 0 Å². The molecular formula is C14H17N3O2S. The van der Waals surface area contributed by atoms with Gasteiger partial charge in [0.05, 0.1) is 5.69 Å². The Labute approximate surface area is 118 Å². The molecule has 0 spiro atoms. The molecule has 3 N–H and O–H groups in total. The van der Waals surface area contributed by atoms with Gasteiger partial charge in [0.1, 0.15) is 10.7 Å². The Kier molecular flexibility index (Phi) is 4.24. The number of hydrogen-bond acceptors (Lipinski definition) is 4. The van der Waals surface area contributed by atoms with Crippen LogP contribution in [0.2, 0.25) is 0 Å². The van der Waals surface area contributed by atoms with Crippen molar-refractivity contribution in [3.63, 3.8) is 0 Å². The highest BCUT2D eigenvalue weighted by Crippen LogP contribution is 2.21. The Balaban J connectivity index is 2.31. The van der Waals surface area contributed by atoms with Gasteiger partial charge in [-0.15, -0.1) is 0 Å². The Hall–Kier alpha value is -2.08. The van der Waals surface area contributed by atoms with Crippen LogP contribution in [0, 0.1) is 0 Å². The van der Waals surface area contributed by atoms with Crippen LogP contribution in [-0.2, 0) is 16.4 Å². The number of sulfonamides is 1. The van der Waals surface area contributed by atoms with Gasteiger partial charge in [0.15, 0.2) is 0 Å². The third-order valence-electron chi connectivity index (χ3n) is 2.85. The topological polar surface area (TPSA) is 85.1 Å². The number of nitrogen functional groups attached to an aromatic ring is 1. The minimum atomic E-state index is -3.64. The minimum Gasteiger partial charge on any atom is -0.384 e. The molecule has 1 heterocycles. The zero-order chi connectivity index (χ0) is 14.6. The van der Waals surface area contributed by atoms with Crippen LogP contribution >= 0.6 is 0 Å². The van der Waals surface area contributed by atoms with Gasteiger partial charge < -0.3 is 5.73 Å². The van der Waals surface area contributed by atoms with Crippen LogP contribution in [-0.4, -0.2) is 13.4 Å². The number of nitrogens with one attached hydrogen (secondary N) is 1. The van der Waals surface area contributed by atoms with Crippen LogP contribution in [0.3, 0.4) is 0 Å². The van der Waals surface area contributed by atoms with Crippen LogP contribution in [0.25, 0.3) is 0 Å². The van der Waals surface area contributed by atoms with Crippen LogP contribution in [0.5, 0.6) is 0 Å². The first kappa shape index (κ1) is 14.3. The molecule has 1 aromatic heterocycles. The normalized spacial score (nSPS) is 11.2. The number of nitrogens with two attached hydrogens (primary N) is 1. The monoisotopic (exact) mass is 291 g/mol. The third-order valence-corrected chi connectivity index (χ3v) is 4.20. The van der Waals surface area contributed by atoms with Gasteiger partial charge in [0, 0.05) is 6.20 Å². The van der Waals surface area contributed by atoms with E-state index in [4.69, 9.17) is 5.73 Å². The summed E-state index contributed by atoms with van der Waals surface area (Å²) in [5, 5.41) is 0. The summed E-state index contributed by atoms with van der Waals surface area (Å²) in [7, 11) is -3.64. The molecule has 20 heavy (non-hydrogen) atoms. The lowest BCUT2D eigenvalue weighted by Gasteiger charge is -2.12. The van der Waals surface area contributed by atoms with E-state index in [-0.39, 0.29) is 10.7 Å². The molecule has 106 valence electrons. The van der Waals surface area contributed by atoms with Crippen LogP contribution in [0.4, 0.5) is 11.5 Å². The van der Waals surface area contributed by atoms with Crippen molar-refractivity contribution in [2.24, 2.45) is 0 Å². The maximum atomic E-state index is 12.3. The fourth-order valence-corrected chi connectivity index (χ4v) is 2.91. The summed E-state index contributed by atoms with van der Waals surface area (Å²) >= 11 is 0. The predicted molar refractivity (Wildman–Crippen MR) is 79.9 cm³/mol. The first-order chi connectivity index (χ1) is 9.53. The molecule has 0 bridgehead atoms. The second-order valence-electron chi connectivity index (χ2n) is 4.43. The molecule has 0 aliphatic carbocycles. The summed E-state index contributed by atoms with van der Waals surface area (Å²) in [6, 6.07) is 10.3. The molecule has 0 amide bonds. The minimum absolute atomic E-state index is 0.0954. The van der Waals surface area contributed by atoms with E-state index in [0.29, 0.717) is 5.69 Å². The van der Waals surface area contributed by atoms with Crippen molar-refractivity contribution in [1.82, 2.24) is 4.98 Å². The average Bonchev–Trinajstić information content (AvgIpc) is 2.41. The average molecular weight is 291 g/mol. The molecule has 1 aromatic carbocycles. The Morgan fingerprint density at radius 2 is 1.95 bits per heavy atom. The van der Waals surface area contributed by atoms with Crippen molar-refractivity contribution < 1.29 is 8.42 Å². The molecule has 0 unspecified atom stereocenters. The number of hydrogen-bond donors (Lipinski definition) is 2.